The molecule has 1 rings (SSSR count). The lowest BCUT2D eigenvalue weighted by atomic mass is 9.94. The maximum absolute atomic E-state index is 10.8. The number of carboxylic acid groups (broad SMARTS) is 2. The van der Waals surface area contributed by atoms with Crippen LogP contribution >= 0.6 is 0 Å². The van der Waals surface area contributed by atoms with Gasteiger partial charge in [-0.1, -0.05) is 18.2 Å². The van der Waals surface area contributed by atoms with Crippen molar-refractivity contribution in [1.29, 1.82) is 0 Å². The summed E-state index contributed by atoms with van der Waals surface area (Å²) in [6.45, 7) is 0. The summed E-state index contributed by atoms with van der Waals surface area (Å²) in [5.41, 5.74) is 0.353. The van der Waals surface area contributed by atoms with Crippen molar-refractivity contribution in [2.45, 2.75) is 18.9 Å². The summed E-state index contributed by atoms with van der Waals surface area (Å²) < 4.78 is 0. The number of benzene rings is 1. The lowest BCUT2D eigenvalue weighted by Gasteiger charge is -2.14. The molecule has 1 aromatic rings. The number of carboxylic acids is 2. The van der Waals surface area contributed by atoms with E-state index >= 15 is 0 Å². The van der Waals surface area contributed by atoms with Crippen molar-refractivity contribution in [3.05, 3.63) is 34.9 Å². The van der Waals surface area contributed by atoms with Gasteiger partial charge in [-0.2, -0.15) is 0 Å². The van der Waals surface area contributed by atoms with Crippen LogP contribution in [0.3, 0.4) is 0 Å². The molecule has 0 heterocycles. The molecule has 0 aliphatic heterocycles. The van der Waals surface area contributed by atoms with Gasteiger partial charge in [-0.25, -0.2) is 4.79 Å². The van der Waals surface area contributed by atoms with Crippen LogP contribution in [0, 0.1) is 0 Å². The Labute approximate surface area is 102 Å². The highest BCUT2D eigenvalue weighted by molar-refractivity contribution is 5.84. The molecule has 0 bridgehead atoms. The number of carbonyl (C=O) groups excluding carboxylic acids is 1. The van der Waals surface area contributed by atoms with Crippen LogP contribution in [0.15, 0.2) is 18.2 Å². The van der Waals surface area contributed by atoms with Gasteiger partial charge < -0.3 is 15.3 Å². The molecule has 6 nitrogen and oxygen atoms in total. The number of aldehydes is 1. The number of aliphatic carboxylic acids is 2. The van der Waals surface area contributed by atoms with E-state index in [4.69, 9.17) is 10.2 Å². The van der Waals surface area contributed by atoms with E-state index < -0.39 is 18.0 Å². The normalized spacial score (nSPS) is 11.8. The van der Waals surface area contributed by atoms with Crippen molar-refractivity contribution < 1.29 is 29.7 Å². The number of aryl methyl sites for hydroxylation is 1. The maximum Gasteiger partial charge on any atom is 0.337 e. The predicted molar refractivity (Wildman–Crippen MR) is 60.4 cm³/mol. The number of aliphatic hydroxyl groups excluding tert-OH is 1. The van der Waals surface area contributed by atoms with Crippen molar-refractivity contribution >= 4 is 18.2 Å². The molecule has 0 spiro atoms. The van der Waals surface area contributed by atoms with Gasteiger partial charge in [-0.05, 0) is 12.0 Å². The van der Waals surface area contributed by atoms with Gasteiger partial charge in [0.05, 0.1) is 0 Å². The number of rotatable bonds is 6. The molecule has 0 saturated carbocycles. The fourth-order valence-electron chi connectivity index (χ4n) is 1.65. The first-order chi connectivity index (χ1) is 8.47. The van der Waals surface area contributed by atoms with Crippen LogP contribution in [0.25, 0.3) is 0 Å². The van der Waals surface area contributed by atoms with Crippen LogP contribution < -0.4 is 0 Å². The molecule has 1 unspecified atom stereocenters. The second-order valence-electron chi connectivity index (χ2n) is 3.67. The van der Waals surface area contributed by atoms with E-state index in [9.17, 15) is 19.5 Å². The number of hydrogen-bond acceptors (Lipinski definition) is 4. The van der Waals surface area contributed by atoms with Crippen LogP contribution in [0.1, 0.15) is 34.0 Å². The van der Waals surface area contributed by atoms with E-state index in [2.05, 4.69) is 0 Å². The fraction of sp³-hybridized carbons (Fsp3) is 0.250. The minimum Gasteiger partial charge on any atom is -0.481 e. The highest BCUT2D eigenvalue weighted by atomic mass is 16.4. The molecular formula is C12H12O6. The molecule has 18 heavy (non-hydrogen) atoms. The first-order valence-corrected chi connectivity index (χ1v) is 5.17. The first-order valence-electron chi connectivity index (χ1n) is 5.17. The van der Waals surface area contributed by atoms with Crippen molar-refractivity contribution in [2.24, 2.45) is 0 Å². The van der Waals surface area contributed by atoms with Crippen molar-refractivity contribution in [1.82, 2.24) is 0 Å². The van der Waals surface area contributed by atoms with E-state index in [0.29, 0.717) is 11.8 Å². The summed E-state index contributed by atoms with van der Waals surface area (Å²) in [4.78, 5) is 32.1. The Kier molecular flexibility index (Phi) is 4.56. The molecule has 0 amide bonds. The molecule has 1 aromatic carbocycles. The summed E-state index contributed by atoms with van der Waals surface area (Å²) in [6, 6.07) is 4.38. The zero-order valence-corrected chi connectivity index (χ0v) is 9.37. The van der Waals surface area contributed by atoms with E-state index in [1.165, 1.54) is 18.2 Å². The minimum atomic E-state index is -1.84. The fourth-order valence-corrected chi connectivity index (χ4v) is 1.65. The highest BCUT2D eigenvalue weighted by Crippen LogP contribution is 2.23. The predicted octanol–water partition coefficient (Wildman–Crippen LogP) is 0.634. The zero-order chi connectivity index (χ0) is 13.7. The molecule has 0 aliphatic rings. The monoisotopic (exact) mass is 252 g/mol. The van der Waals surface area contributed by atoms with Crippen LogP contribution in [0.2, 0.25) is 0 Å². The van der Waals surface area contributed by atoms with E-state index in [0.717, 1.165) is 0 Å². The standard InChI is InChI=1S/C12H12O6/c13-6-8-3-1-2-7(4-5-9(14)15)10(8)11(16)12(17)18/h1-3,6,11,16H,4-5H2,(H,14,15)(H,17,18). The van der Waals surface area contributed by atoms with Gasteiger partial charge in [0, 0.05) is 17.5 Å². The van der Waals surface area contributed by atoms with Crippen LogP contribution in [-0.2, 0) is 16.0 Å². The third-order valence-corrected chi connectivity index (χ3v) is 2.47. The Balaban J connectivity index is 3.19. The minimum absolute atomic E-state index is 0.0405. The topological polar surface area (TPSA) is 112 Å². The SMILES string of the molecule is O=Cc1cccc(CCC(=O)O)c1C(O)C(=O)O. The van der Waals surface area contributed by atoms with Gasteiger partial charge in [0.25, 0.3) is 0 Å². The summed E-state index contributed by atoms with van der Waals surface area (Å²) in [6.07, 6.45) is -1.56. The molecular weight excluding hydrogens is 240 g/mol. The van der Waals surface area contributed by atoms with Crippen molar-refractivity contribution in [3.8, 4) is 0 Å². The zero-order valence-electron chi connectivity index (χ0n) is 9.37. The molecule has 6 heteroatoms. The van der Waals surface area contributed by atoms with Crippen molar-refractivity contribution in [2.75, 3.05) is 0 Å². The summed E-state index contributed by atoms with van der Waals surface area (Å²) in [5.74, 6) is -2.52. The Morgan fingerprint density at radius 1 is 1.28 bits per heavy atom. The van der Waals surface area contributed by atoms with Crippen LogP contribution in [-0.4, -0.2) is 33.5 Å². The Morgan fingerprint density at radius 2 is 1.94 bits per heavy atom. The molecule has 0 radical (unpaired) electrons. The van der Waals surface area contributed by atoms with E-state index in [1.54, 1.807) is 0 Å². The molecule has 1 atom stereocenters. The Hall–Kier alpha value is -2.21. The van der Waals surface area contributed by atoms with Gasteiger partial charge in [-0.15, -0.1) is 0 Å². The molecule has 0 fully saturated rings. The third kappa shape index (κ3) is 3.14. The molecule has 3 N–H and O–H groups in total. The smallest absolute Gasteiger partial charge is 0.337 e. The second kappa shape index (κ2) is 5.92. The molecule has 96 valence electrons. The average molecular weight is 252 g/mol. The second-order valence-corrected chi connectivity index (χ2v) is 3.67. The largest absolute Gasteiger partial charge is 0.481 e. The van der Waals surface area contributed by atoms with Gasteiger partial charge in [-0.3, -0.25) is 9.59 Å². The lowest BCUT2D eigenvalue weighted by molar-refractivity contribution is -0.147. The van der Waals surface area contributed by atoms with Crippen LogP contribution in [0.5, 0.6) is 0 Å². The summed E-state index contributed by atoms with van der Waals surface area (Å²) in [5, 5.41) is 26.9. The van der Waals surface area contributed by atoms with E-state index in [-0.39, 0.29) is 24.0 Å². The third-order valence-electron chi connectivity index (χ3n) is 2.47. The Bertz CT molecular complexity index is 479. The number of hydrogen-bond donors (Lipinski definition) is 3. The average Bonchev–Trinajstić information content (AvgIpc) is 2.34. The van der Waals surface area contributed by atoms with Crippen LogP contribution in [0.4, 0.5) is 0 Å². The molecule has 0 saturated heterocycles. The van der Waals surface area contributed by atoms with Gasteiger partial charge >= 0.3 is 11.9 Å². The van der Waals surface area contributed by atoms with Crippen molar-refractivity contribution in [3.63, 3.8) is 0 Å². The van der Waals surface area contributed by atoms with Gasteiger partial charge in [0.15, 0.2) is 6.10 Å². The first kappa shape index (κ1) is 13.9. The molecule has 0 aliphatic carbocycles. The number of carbonyl (C=O) groups is 3. The number of aliphatic hydroxyl groups is 1. The van der Waals surface area contributed by atoms with Gasteiger partial charge in [0.2, 0.25) is 0 Å². The Morgan fingerprint density at radius 3 is 2.44 bits per heavy atom. The maximum atomic E-state index is 10.8. The summed E-state index contributed by atoms with van der Waals surface area (Å²) in [7, 11) is 0. The molecule has 0 aromatic heterocycles. The highest BCUT2D eigenvalue weighted by Gasteiger charge is 2.22. The quantitative estimate of drug-likeness (QED) is 0.640. The summed E-state index contributed by atoms with van der Waals surface area (Å²) >= 11 is 0. The lowest BCUT2D eigenvalue weighted by Crippen LogP contribution is -2.15. The van der Waals surface area contributed by atoms with Gasteiger partial charge in [0.1, 0.15) is 6.29 Å². The van der Waals surface area contributed by atoms with E-state index in [1.807, 2.05) is 0 Å².